The molecule has 0 bridgehead atoms. The molecule has 2 fully saturated rings. The number of hydrogen-bond donors (Lipinski definition) is 1. The van der Waals surface area contributed by atoms with Gasteiger partial charge in [0.15, 0.2) is 0 Å². The van der Waals surface area contributed by atoms with Gasteiger partial charge in [-0.25, -0.2) is 0 Å². The van der Waals surface area contributed by atoms with E-state index in [2.05, 4.69) is 35.7 Å². The minimum atomic E-state index is -0.0831. The monoisotopic (exact) mass is 270 g/mol. The molecule has 1 aromatic rings. The molecule has 98 valence electrons. The molecule has 4 unspecified atom stereocenters. The number of thiocarbonyl (C=S) groups is 1. The third-order valence-electron chi connectivity index (χ3n) is 4.61. The van der Waals surface area contributed by atoms with Gasteiger partial charge in [-0.1, -0.05) is 55.4 Å². The van der Waals surface area contributed by atoms with Crippen molar-refractivity contribution in [3.63, 3.8) is 0 Å². The zero-order valence-corrected chi connectivity index (χ0v) is 11.7. The highest BCUT2D eigenvalue weighted by atomic mass is 32.1. The first-order valence-electron chi connectivity index (χ1n) is 7.06. The van der Waals surface area contributed by atoms with Crippen molar-refractivity contribution in [1.82, 2.24) is 5.32 Å². The maximum Gasteiger partial charge on any atom is 0.0996 e. The highest BCUT2D eigenvalue weighted by molar-refractivity contribution is 7.80. The summed E-state index contributed by atoms with van der Waals surface area (Å²) < 4.78 is 0. The average Bonchev–Trinajstić information content (AvgIpc) is 2.47. The molecule has 3 rings (SSSR count). The molecule has 1 aromatic carbocycles. The van der Waals surface area contributed by atoms with Crippen LogP contribution in [0.15, 0.2) is 30.3 Å². The van der Waals surface area contributed by atoms with Crippen LogP contribution in [0.2, 0.25) is 0 Å². The Kier molecular flexibility index (Phi) is 3.52. The first-order chi connectivity index (χ1) is 9.31. The fraction of sp³-hybridized carbons (Fsp3) is 0.500. The molecule has 4 atom stereocenters. The number of nitrogens with one attached hydrogen (secondary N) is 1. The van der Waals surface area contributed by atoms with E-state index in [1.54, 1.807) is 0 Å². The summed E-state index contributed by atoms with van der Waals surface area (Å²) in [4.78, 5) is 0.750. The van der Waals surface area contributed by atoms with Crippen LogP contribution in [0.4, 0.5) is 0 Å². The lowest BCUT2D eigenvalue weighted by Crippen LogP contribution is -2.49. The second-order valence-electron chi connectivity index (χ2n) is 5.62. The van der Waals surface area contributed by atoms with Gasteiger partial charge in [0, 0.05) is 0 Å². The normalized spacial score (nSPS) is 33.9. The van der Waals surface area contributed by atoms with Crippen molar-refractivity contribution in [2.45, 2.75) is 31.7 Å². The maximum atomic E-state index is 9.38. The van der Waals surface area contributed by atoms with Gasteiger partial charge in [-0.3, -0.25) is 0 Å². The summed E-state index contributed by atoms with van der Waals surface area (Å²) in [5.41, 5.74) is 1.30. The zero-order chi connectivity index (χ0) is 13.2. The van der Waals surface area contributed by atoms with Crippen molar-refractivity contribution in [2.75, 3.05) is 0 Å². The zero-order valence-electron chi connectivity index (χ0n) is 10.9. The van der Waals surface area contributed by atoms with E-state index in [-0.39, 0.29) is 5.92 Å². The SMILES string of the molecule is N#CC1C(=S)NC(c2ccccc2)C2CCCCC12. The van der Waals surface area contributed by atoms with E-state index in [0.29, 0.717) is 17.9 Å². The number of nitriles is 1. The maximum absolute atomic E-state index is 9.38. The Morgan fingerprint density at radius 3 is 2.47 bits per heavy atom. The van der Waals surface area contributed by atoms with E-state index < -0.39 is 0 Å². The predicted molar refractivity (Wildman–Crippen MR) is 79.5 cm³/mol. The second-order valence-corrected chi connectivity index (χ2v) is 6.06. The van der Waals surface area contributed by atoms with Gasteiger partial charge in [-0.15, -0.1) is 0 Å². The smallest absolute Gasteiger partial charge is 0.0996 e. The van der Waals surface area contributed by atoms with Crippen LogP contribution < -0.4 is 5.32 Å². The van der Waals surface area contributed by atoms with Crippen LogP contribution in [-0.2, 0) is 0 Å². The van der Waals surface area contributed by atoms with E-state index >= 15 is 0 Å². The lowest BCUT2D eigenvalue weighted by atomic mass is 9.66. The minimum absolute atomic E-state index is 0.0831. The predicted octanol–water partition coefficient (Wildman–Crippen LogP) is 3.60. The van der Waals surface area contributed by atoms with E-state index in [4.69, 9.17) is 12.2 Å². The van der Waals surface area contributed by atoms with Gasteiger partial charge in [0.25, 0.3) is 0 Å². The van der Waals surface area contributed by atoms with Crippen molar-refractivity contribution in [3.05, 3.63) is 35.9 Å². The summed E-state index contributed by atoms with van der Waals surface area (Å²) >= 11 is 5.44. The molecular formula is C16H18N2S. The first kappa shape index (κ1) is 12.6. The van der Waals surface area contributed by atoms with Crippen LogP contribution in [0, 0.1) is 29.1 Å². The highest BCUT2D eigenvalue weighted by Crippen LogP contribution is 2.45. The molecule has 1 N–H and O–H groups in total. The molecule has 1 aliphatic heterocycles. The molecule has 0 spiro atoms. The summed E-state index contributed by atoms with van der Waals surface area (Å²) in [5.74, 6) is 0.908. The number of benzene rings is 1. The van der Waals surface area contributed by atoms with Gasteiger partial charge < -0.3 is 5.32 Å². The van der Waals surface area contributed by atoms with Crippen LogP contribution in [-0.4, -0.2) is 4.99 Å². The Bertz CT molecular complexity index is 505. The molecule has 1 saturated carbocycles. The molecule has 3 heteroatoms. The Balaban J connectivity index is 1.94. The largest absolute Gasteiger partial charge is 0.371 e. The van der Waals surface area contributed by atoms with Crippen LogP contribution in [0.3, 0.4) is 0 Å². The molecular weight excluding hydrogens is 252 g/mol. The summed E-state index contributed by atoms with van der Waals surface area (Å²) in [6.07, 6.45) is 4.87. The summed E-state index contributed by atoms with van der Waals surface area (Å²) in [6, 6.07) is 13.2. The van der Waals surface area contributed by atoms with Gasteiger partial charge in [0.2, 0.25) is 0 Å². The fourth-order valence-corrected chi connectivity index (χ4v) is 4.06. The molecule has 1 heterocycles. The van der Waals surface area contributed by atoms with Crippen LogP contribution in [0.5, 0.6) is 0 Å². The van der Waals surface area contributed by atoms with Gasteiger partial charge in [0.05, 0.1) is 23.0 Å². The fourth-order valence-electron chi connectivity index (χ4n) is 3.71. The Morgan fingerprint density at radius 1 is 1.11 bits per heavy atom. The number of hydrogen-bond acceptors (Lipinski definition) is 2. The van der Waals surface area contributed by atoms with Gasteiger partial charge >= 0.3 is 0 Å². The quantitative estimate of drug-likeness (QED) is 0.792. The number of nitrogens with zero attached hydrogens (tertiary/aromatic N) is 1. The van der Waals surface area contributed by atoms with E-state index in [1.165, 1.54) is 24.8 Å². The van der Waals surface area contributed by atoms with Gasteiger partial charge in [-0.2, -0.15) is 5.26 Å². The topological polar surface area (TPSA) is 35.8 Å². The van der Waals surface area contributed by atoms with Crippen molar-refractivity contribution in [3.8, 4) is 6.07 Å². The third kappa shape index (κ3) is 2.26. The minimum Gasteiger partial charge on any atom is -0.371 e. The van der Waals surface area contributed by atoms with Gasteiger partial charge in [0.1, 0.15) is 0 Å². The standard InChI is InChI=1S/C16H18N2S/c17-10-14-12-8-4-5-9-13(12)15(18-16(14)19)11-6-2-1-3-7-11/h1-3,6-7,12-15H,4-5,8-9H2,(H,18,19). The second kappa shape index (κ2) is 5.30. The first-order valence-corrected chi connectivity index (χ1v) is 7.47. The summed E-state index contributed by atoms with van der Waals surface area (Å²) in [6.45, 7) is 0. The average molecular weight is 270 g/mol. The Hall–Kier alpha value is -1.40. The molecule has 0 radical (unpaired) electrons. The Labute approximate surface area is 119 Å². The van der Waals surface area contributed by atoms with Crippen molar-refractivity contribution < 1.29 is 0 Å². The molecule has 19 heavy (non-hydrogen) atoms. The molecule has 1 saturated heterocycles. The lowest BCUT2D eigenvalue weighted by Gasteiger charge is -2.45. The van der Waals surface area contributed by atoms with E-state index in [0.717, 1.165) is 11.4 Å². The number of fused-ring (bicyclic) bond motifs is 1. The summed E-state index contributed by atoms with van der Waals surface area (Å²) in [7, 11) is 0. The summed E-state index contributed by atoms with van der Waals surface area (Å²) in [5, 5.41) is 12.8. The number of rotatable bonds is 1. The van der Waals surface area contributed by atoms with Crippen LogP contribution in [0.1, 0.15) is 37.3 Å². The van der Waals surface area contributed by atoms with Crippen molar-refractivity contribution in [1.29, 1.82) is 5.26 Å². The van der Waals surface area contributed by atoms with Crippen LogP contribution >= 0.6 is 12.2 Å². The van der Waals surface area contributed by atoms with Gasteiger partial charge in [-0.05, 0) is 30.2 Å². The highest BCUT2D eigenvalue weighted by Gasteiger charge is 2.43. The van der Waals surface area contributed by atoms with Crippen molar-refractivity contribution >= 4 is 17.2 Å². The molecule has 1 aliphatic carbocycles. The lowest BCUT2D eigenvalue weighted by molar-refractivity contribution is 0.155. The van der Waals surface area contributed by atoms with E-state index in [9.17, 15) is 5.26 Å². The van der Waals surface area contributed by atoms with Crippen molar-refractivity contribution in [2.24, 2.45) is 17.8 Å². The van der Waals surface area contributed by atoms with E-state index in [1.807, 2.05) is 6.07 Å². The third-order valence-corrected chi connectivity index (χ3v) is 4.98. The molecule has 0 aromatic heterocycles. The molecule has 2 aliphatic rings. The Morgan fingerprint density at radius 2 is 1.79 bits per heavy atom. The number of piperidine rings is 1. The molecule has 2 nitrogen and oxygen atoms in total. The molecule has 0 amide bonds. The van der Waals surface area contributed by atoms with Crippen LogP contribution in [0.25, 0.3) is 0 Å².